The summed E-state index contributed by atoms with van der Waals surface area (Å²) >= 11 is 6.06. The molecule has 7 nitrogen and oxygen atoms in total. The van der Waals surface area contributed by atoms with Crippen LogP contribution in [-0.4, -0.2) is 25.1 Å². The van der Waals surface area contributed by atoms with Gasteiger partial charge in [0.05, 0.1) is 21.7 Å². The van der Waals surface area contributed by atoms with Gasteiger partial charge in [0.2, 0.25) is 11.6 Å². The topological polar surface area (TPSA) is 81.3 Å². The van der Waals surface area contributed by atoms with Crippen molar-refractivity contribution in [1.29, 1.82) is 0 Å². The number of aromatic nitrogens is 4. The first-order valence-electron chi connectivity index (χ1n) is 7.51. The van der Waals surface area contributed by atoms with Crippen LogP contribution in [0.3, 0.4) is 0 Å². The van der Waals surface area contributed by atoms with Crippen molar-refractivity contribution in [1.82, 2.24) is 19.2 Å². The first-order valence-corrected chi connectivity index (χ1v) is 7.88. The Kier molecular flexibility index (Phi) is 3.70. The van der Waals surface area contributed by atoms with Gasteiger partial charge in [-0.15, -0.1) is 10.2 Å². The molecule has 4 rings (SSSR count). The third kappa shape index (κ3) is 2.64. The second-order valence-electron chi connectivity index (χ2n) is 5.43. The standard InChI is InChI=1S/C17H12ClN5O2/c18-11-5-1-2-6-12(11)20-15(24)9-22-13-7-3-4-8-14(13)23-10-19-21-16(23)17(22)25/h1-8,10H,9H2,(H,20,24). The van der Waals surface area contributed by atoms with Crippen LogP contribution in [0.15, 0.2) is 59.7 Å². The summed E-state index contributed by atoms with van der Waals surface area (Å²) in [6.45, 7) is -0.159. The highest BCUT2D eigenvalue weighted by molar-refractivity contribution is 6.33. The normalized spacial score (nSPS) is 11.1. The van der Waals surface area contributed by atoms with Gasteiger partial charge in [-0.3, -0.25) is 18.6 Å². The molecule has 0 atom stereocenters. The van der Waals surface area contributed by atoms with Crippen molar-refractivity contribution in [2.45, 2.75) is 6.54 Å². The number of amides is 1. The molecule has 8 heteroatoms. The number of nitrogens with one attached hydrogen (secondary N) is 1. The number of para-hydroxylation sites is 3. The van der Waals surface area contributed by atoms with Crippen LogP contribution in [-0.2, 0) is 11.3 Å². The molecule has 2 aromatic heterocycles. The highest BCUT2D eigenvalue weighted by Gasteiger charge is 2.15. The third-order valence-corrected chi connectivity index (χ3v) is 4.20. The fraction of sp³-hybridized carbons (Fsp3) is 0.0588. The monoisotopic (exact) mass is 353 g/mol. The van der Waals surface area contributed by atoms with E-state index in [1.165, 1.54) is 10.9 Å². The molecule has 0 aliphatic rings. The van der Waals surface area contributed by atoms with Gasteiger partial charge in [0.1, 0.15) is 12.9 Å². The lowest BCUT2D eigenvalue weighted by Gasteiger charge is -2.12. The van der Waals surface area contributed by atoms with Gasteiger partial charge >= 0.3 is 0 Å². The Balaban J connectivity index is 1.78. The summed E-state index contributed by atoms with van der Waals surface area (Å²) in [4.78, 5) is 25.1. The summed E-state index contributed by atoms with van der Waals surface area (Å²) in [5, 5.41) is 10.8. The molecule has 2 aromatic carbocycles. The molecule has 0 radical (unpaired) electrons. The molecule has 4 aromatic rings. The maximum Gasteiger partial charge on any atom is 0.297 e. The summed E-state index contributed by atoms with van der Waals surface area (Å²) in [5.74, 6) is -0.357. The zero-order valence-corrected chi connectivity index (χ0v) is 13.6. The van der Waals surface area contributed by atoms with Crippen molar-refractivity contribution in [3.63, 3.8) is 0 Å². The van der Waals surface area contributed by atoms with Crippen LogP contribution in [0.1, 0.15) is 0 Å². The van der Waals surface area contributed by atoms with Crippen molar-refractivity contribution >= 4 is 39.9 Å². The zero-order valence-electron chi connectivity index (χ0n) is 12.9. The molecular formula is C17H12ClN5O2. The van der Waals surface area contributed by atoms with E-state index in [9.17, 15) is 9.59 Å². The van der Waals surface area contributed by atoms with Crippen LogP contribution >= 0.6 is 11.6 Å². The Bertz CT molecular complexity index is 1160. The van der Waals surface area contributed by atoms with Crippen LogP contribution in [0.5, 0.6) is 0 Å². The van der Waals surface area contributed by atoms with E-state index in [2.05, 4.69) is 15.5 Å². The minimum atomic E-state index is -0.384. The average Bonchev–Trinajstić information content (AvgIpc) is 3.11. The number of hydrogen-bond donors (Lipinski definition) is 1. The van der Waals surface area contributed by atoms with Crippen LogP contribution in [0.25, 0.3) is 16.7 Å². The number of fused-ring (bicyclic) bond motifs is 3. The van der Waals surface area contributed by atoms with Gasteiger partial charge in [-0.1, -0.05) is 35.9 Å². The maximum atomic E-state index is 12.7. The van der Waals surface area contributed by atoms with E-state index in [0.717, 1.165) is 5.52 Å². The Morgan fingerprint density at radius 3 is 2.60 bits per heavy atom. The molecule has 0 aliphatic heterocycles. The third-order valence-electron chi connectivity index (χ3n) is 3.87. The SMILES string of the molecule is O=C(Cn1c(=O)c2nncn2c2ccccc21)Nc1ccccc1Cl. The highest BCUT2D eigenvalue weighted by Crippen LogP contribution is 2.20. The molecule has 0 bridgehead atoms. The van der Waals surface area contributed by atoms with Crippen molar-refractivity contribution in [2.75, 3.05) is 5.32 Å². The van der Waals surface area contributed by atoms with Gasteiger partial charge in [0.15, 0.2) is 0 Å². The van der Waals surface area contributed by atoms with Gasteiger partial charge in [0, 0.05) is 0 Å². The minimum Gasteiger partial charge on any atom is -0.323 e. The fourth-order valence-corrected chi connectivity index (χ4v) is 2.92. The lowest BCUT2D eigenvalue weighted by Crippen LogP contribution is -2.29. The van der Waals surface area contributed by atoms with Crippen LogP contribution < -0.4 is 10.9 Å². The number of carbonyl (C=O) groups is 1. The second-order valence-corrected chi connectivity index (χ2v) is 5.84. The number of rotatable bonds is 3. The number of anilines is 1. The Morgan fingerprint density at radius 2 is 1.80 bits per heavy atom. The molecule has 0 unspecified atom stereocenters. The smallest absolute Gasteiger partial charge is 0.297 e. The van der Waals surface area contributed by atoms with Crippen LogP contribution in [0.2, 0.25) is 5.02 Å². The van der Waals surface area contributed by atoms with Gasteiger partial charge in [0.25, 0.3) is 5.56 Å². The van der Waals surface area contributed by atoms with E-state index in [4.69, 9.17) is 11.6 Å². The summed E-state index contributed by atoms with van der Waals surface area (Å²) < 4.78 is 2.99. The van der Waals surface area contributed by atoms with E-state index < -0.39 is 0 Å². The number of halogens is 1. The summed E-state index contributed by atoms with van der Waals surface area (Å²) in [5.41, 5.74) is 1.64. The van der Waals surface area contributed by atoms with E-state index in [0.29, 0.717) is 16.2 Å². The summed E-state index contributed by atoms with van der Waals surface area (Å²) in [7, 11) is 0. The summed E-state index contributed by atoms with van der Waals surface area (Å²) in [6, 6.07) is 14.2. The Morgan fingerprint density at radius 1 is 1.08 bits per heavy atom. The van der Waals surface area contributed by atoms with Gasteiger partial charge in [-0.2, -0.15) is 0 Å². The first kappa shape index (κ1) is 15.3. The molecule has 0 fully saturated rings. The molecule has 2 heterocycles. The Labute approximate surface area is 146 Å². The highest BCUT2D eigenvalue weighted by atomic mass is 35.5. The number of benzene rings is 2. The Hall–Kier alpha value is -3.19. The van der Waals surface area contributed by atoms with E-state index in [1.807, 2.05) is 12.1 Å². The first-order chi connectivity index (χ1) is 12.1. The molecule has 1 amide bonds. The minimum absolute atomic E-state index is 0.159. The lowest BCUT2D eigenvalue weighted by molar-refractivity contribution is -0.116. The van der Waals surface area contributed by atoms with Crippen molar-refractivity contribution in [2.24, 2.45) is 0 Å². The van der Waals surface area contributed by atoms with E-state index in [-0.39, 0.29) is 23.7 Å². The second kappa shape index (κ2) is 6.03. The molecule has 0 aliphatic carbocycles. The van der Waals surface area contributed by atoms with Crippen molar-refractivity contribution in [3.05, 3.63) is 70.2 Å². The van der Waals surface area contributed by atoms with E-state index >= 15 is 0 Å². The predicted molar refractivity (Wildman–Crippen MR) is 94.8 cm³/mol. The molecular weight excluding hydrogens is 342 g/mol. The molecule has 124 valence electrons. The van der Waals surface area contributed by atoms with Crippen molar-refractivity contribution < 1.29 is 4.79 Å². The van der Waals surface area contributed by atoms with Crippen LogP contribution in [0, 0.1) is 0 Å². The molecule has 25 heavy (non-hydrogen) atoms. The van der Waals surface area contributed by atoms with E-state index in [1.54, 1.807) is 40.8 Å². The predicted octanol–water partition coefficient (Wildman–Crippen LogP) is 2.34. The van der Waals surface area contributed by atoms with Crippen LogP contribution in [0.4, 0.5) is 5.69 Å². The molecule has 0 saturated heterocycles. The van der Waals surface area contributed by atoms with Crippen molar-refractivity contribution in [3.8, 4) is 0 Å². The maximum absolute atomic E-state index is 12.7. The zero-order chi connectivity index (χ0) is 17.4. The van der Waals surface area contributed by atoms with Gasteiger partial charge < -0.3 is 5.32 Å². The number of carbonyl (C=O) groups excluding carboxylic acids is 1. The quantitative estimate of drug-likeness (QED) is 0.613. The largest absolute Gasteiger partial charge is 0.323 e. The summed E-state index contributed by atoms with van der Waals surface area (Å²) in [6.07, 6.45) is 1.48. The number of hydrogen-bond acceptors (Lipinski definition) is 4. The molecule has 1 N–H and O–H groups in total. The fourth-order valence-electron chi connectivity index (χ4n) is 2.74. The number of nitrogens with zero attached hydrogens (tertiary/aromatic N) is 4. The molecule has 0 spiro atoms. The van der Waals surface area contributed by atoms with Gasteiger partial charge in [-0.25, -0.2) is 0 Å². The molecule has 0 saturated carbocycles. The van der Waals surface area contributed by atoms with Gasteiger partial charge in [-0.05, 0) is 24.3 Å². The lowest BCUT2D eigenvalue weighted by atomic mass is 10.3. The average molecular weight is 354 g/mol.